The minimum atomic E-state index is -0.779. The van der Waals surface area contributed by atoms with E-state index in [1.807, 2.05) is 0 Å². The zero-order chi connectivity index (χ0) is 31.2. The van der Waals surface area contributed by atoms with Crippen LogP contribution in [-0.2, 0) is 17.9 Å². The highest BCUT2D eigenvalue weighted by Gasteiger charge is 2.52. The lowest BCUT2D eigenvalue weighted by Gasteiger charge is -2.51. The number of anilines is 2. The Morgan fingerprint density at radius 3 is 2.39 bits per heavy atom. The summed E-state index contributed by atoms with van der Waals surface area (Å²) >= 11 is 0. The monoisotopic (exact) mass is 603 g/mol. The van der Waals surface area contributed by atoms with Crippen LogP contribution in [0.5, 0.6) is 0 Å². The van der Waals surface area contributed by atoms with Crippen LogP contribution in [0.4, 0.5) is 15.8 Å². The van der Waals surface area contributed by atoms with Gasteiger partial charge in [-0.25, -0.2) is 14.4 Å². The van der Waals surface area contributed by atoms with Crippen molar-refractivity contribution in [2.75, 3.05) is 17.6 Å². The molecule has 2 amide bonds. The Labute approximate surface area is 249 Å². The third-order valence-corrected chi connectivity index (χ3v) is 9.29. The van der Waals surface area contributed by atoms with Gasteiger partial charge in [0.2, 0.25) is 5.78 Å². The fourth-order valence-corrected chi connectivity index (χ4v) is 6.32. The van der Waals surface area contributed by atoms with Gasteiger partial charge in [-0.2, -0.15) is 0 Å². The molecule has 228 valence electrons. The first-order valence-corrected chi connectivity index (χ1v) is 14.2. The summed E-state index contributed by atoms with van der Waals surface area (Å²) in [6, 6.07) is 5.60. The van der Waals surface area contributed by atoms with Crippen molar-refractivity contribution in [1.82, 2.24) is 25.0 Å². The van der Waals surface area contributed by atoms with Gasteiger partial charge in [0.25, 0.3) is 22.7 Å². The molecule has 2 heterocycles. The molecule has 0 saturated heterocycles. The summed E-state index contributed by atoms with van der Waals surface area (Å²) in [6.07, 6.45) is 7.04. The smallest absolute Gasteiger partial charge is 0.309 e. The van der Waals surface area contributed by atoms with Crippen LogP contribution in [0.1, 0.15) is 70.6 Å². The van der Waals surface area contributed by atoms with E-state index in [1.165, 1.54) is 34.9 Å². The van der Waals surface area contributed by atoms with E-state index in [0.29, 0.717) is 31.4 Å². The lowest BCUT2D eigenvalue weighted by molar-refractivity contribution is -0.158. The summed E-state index contributed by atoms with van der Waals surface area (Å²) in [4.78, 5) is 69.6. The van der Waals surface area contributed by atoms with E-state index in [-0.39, 0.29) is 52.6 Å². The average molecular weight is 604 g/mol. The second-order valence-corrected chi connectivity index (χ2v) is 11.8. The molecule has 0 unspecified atom stereocenters. The van der Waals surface area contributed by atoms with Gasteiger partial charge in [0.1, 0.15) is 28.6 Å². The number of aromatic nitrogens is 3. The van der Waals surface area contributed by atoms with Crippen molar-refractivity contribution < 1.29 is 23.9 Å². The van der Waals surface area contributed by atoms with E-state index in [9.17, 15) is 33.5 Å². The summed E-state index contributed by atoms with van der Waals surface area (Å²) < 4.78 is 15.9. The van der Waals surface area contributed by atoms with Crippen molar-refractivity contribution in [3.05, 3.63) is 85.4 Å². The fourth-order valence-electron chi connectivity index (χ4n) is 6.32. The molecule has 3 aliphatic carbocycles. The molecule has 6 N–H and O–H groups in total. The Morgan fingerprint density at radius 1 is 0.977 bits per heavy atom. The number of benzene rings is 1. The van der Waals surface area contributed by atoms with E-state index in [1.54, 1.807) is 6.20 Å². The summed E-state index contributed by atoms with van der Waals surface area (Å²) in [5.41, 5.74) is 3.84. The molecule has 3 saturated carbocycles. The van der Waals surface area contributed by atoms with Crippen LogP contribution in [0.15, 0.2) is 46.2 Å². The molecule has 2 aromatic carbocycles. The summed E-state index contributed by atoms with van der Waals surface area (Å²) in [5.74, 6) is -2.10. The Hall–Kier alpha value is -5.14. The molecule has 2 bridgehead atoms. The number of hydrogen-bond donors (Lipinski definition) is 5. The summed E-state index contributed by atoms with van der Waals surface area (Å²) in [6.45, 7) is 0.316. The van der Waals surface area contributed by atoms with E-state index in [2.05, 4.69) is 25.9 Å². The van der Waals surface area contributed by atoms with Crippen LogP contribution < -0.4 is 32.5 Å². The quantitative estimate of drug-likeness (QED) is 0.166. The molecule has 2 aromatic heterocycles. The molecule has 4 aromatic rings. The molecule has 14 heteroatoms. The van der Waals surface area contributed by atoms with Crippen LogP contribution in [0.25, 0.3) is 5.78 Å². The zero-order valence-electron chi connectivity index (χ0n) is 23.6. The lowest BCUT2D eigenvalue weighted by atomic mass is 9.53. The van der Waals surface area contributed by atoms with Crippen LogP contribution in [0.3, 0.4) is 0 Å². The standard InChI is InChI=1S/C30H30FN7O6/c31-18-2-1-16(11-17(18)14-34-22-21(32)23(39)24(22)40)13-35-25(41)19-12-20(38-10-9-33-28(38)37-19)26(42)36-15-29-3-6-30(7-4-29,8-5-29)27(43)44/h1-2,9-12,34H,3-8,13-15,32H2,(H,35,41)(H,36,42)(H,43,44). The molecule has 3 aliphatic rings. The number of carbonyl (C=O) groups excluding carboxylic acids is 2. The zero-order valence-corrected chi connectivity index (χ0v) is 23.6. The van der Waals surface area contributed by atoms with Crippen LogP contribution >= 0.6 is 0 Å². The number of nitrogens with two attached hydrogens (primary N) is 1. The number of carboxylic acid groups (broad SMARTS) is 1. The number of nitrogens with zero attached hydrogens (tertiary/aromatic N) is 3. The average Bonchev–Trinajstić information content (AvgIpc) is 3.52. The first-order chi connectivity index (χ1) is 21.0. The third kappa shape index (κ3) is 5.05. The molecule has 0 aliphatic heterocycles. The van der Waals surface area contributed by atoms with Gasteiger partial charge >= 0.3 is 5.97 Å². The molecular formula is C30H30FN7O6. The van der Waals surface area contributed by atoms with Gasteiger partial charge in [-0.05, 0) is 67.7 Å². The van der Waals surface area contributed by atoms with Gasteiger partial charge in [0.15, 0.2) is 0 Å². The minimum Gasteiger partial charge on any atom is -0.481 e. The Kier molecular flexibility index (Phi) is 7.14. The second-order valence-electron chi connectivity index (χ2n) is 11.8. The van der Waals surface area contributed by atoms with Gasteiger partial charge in [0, 0.05) is 37.6 Å². The highest BCUT2D eigenvalue weighted by atomic mass is 19.1. The van der Waals surface area contributed by atoms with Crippen molar-refractivity contribution in [2.24, 2.45) is 10.8 Å². The van der Waals surface area contributed by atoms with Gasteiger partial charge in [0.05, 0.1) is 5.41 Å². The maximum absolute atomic E-state index is 14.4. The summed E-state index contributed by atoms with van der Waals surface area (Å²) in [5, 5.41) is 18.0. The van der Waals surface area contributed by atoms with Crippen molar-refractivity contribution in [2.45, 2.75) is 51.6 Å². The van der Waals surface area contributed by atoms with Gasteiger partial charge in [-0.1, -0.05) is 6.07 Å². The SMILES string of the molecule is Nc1c(NCc2cc(CNC(=O)c3cc(C(=O)NCC45CCC(C(=O)O)(CC4)CC5)n4ccnc4n3)ccc2F)c(=O)c1=O. The molecule has 44 heavy (non-hydrogen) atoms. The highest BCUT2D eigenvalue weighted by Crippen LogP contribution is 2.56. The number of halogens is 1. The molecule has 7 rings (SSSR count). The number of hydrogen-bond acceptors (Lipinski definition) is 9. The van der Waals surface area contributed by atoms with Crippen molar-refractivity contribution >= 4 is 34.9 Å². The Morgan fingerprint density at radius 2 is 1.70 bits per heavy atom. The molecule has 3 fully saturated rings. The third-order valence-electron chi connectivity index (χ3n) is 9.29. The number of aliphatic carboxylic acids is 1. The van der Waals surface area contributed by atoms with Gasteiger partial charge in [-0.15, -0.1) is 0 Å². The van der Waals surface area contributed by atoms with Crippen molar-refractivity contribution in [3.63, 3.8) is 0 Å². The van der Waals surface area contributed by atoms with E-state index < -0.39 is 39.9 Å². The second kappa shape index (κ2) is 10.8. The number of nitrogen functional groups attached to an aromatic ring is 1. The maximum atomic E-state index is 14.4. The van der Waals surface area contributed by atoms with Gasteiger partial charge < -0.3 is 26.8 Å². The van der Waals surface area contributed by atoms with Gasteiger partial charge in [-0.3, -0.25) is 28.4 Å². The number of nitrogens with one attached hydrogen (secondary N) is 3. The maximum Gasteiger partial charge on any atom is 0.309 e. The first-order valence-electron chi connectivity index (χ1n) is 14.2. The molecule has 0 atom stereocenters. The topological polar surface area (TPSA) is 198 Å². The molecule has 0 spiro atoms. The normalized spacial score (nSPS) is 20.9. The molecule has 0 radical (unpaired) electrons. The van der Waals surface area contributed by atoms with E-state index >= 15 is 0 Å². The fraction of sp³-hybridized carbons (Fsp3) is 0.367. The molecule has 13 nitrogen and oxygen atoms in total. The van der Waals surface area contributed by atoms with Crippen LogP contribution in [0, 0.1) is 16.6 Å². The number of amides is 2. The number of rotatable bonds is 10. The predicted octanol–water partition coefficient (Wildman–Crippen LogP) is 1.74. The first kappa shape index (κ1) is 29.0. The van der Waals surface area contributed by atoms with Crippen LogP contribution in [-0.4, -0.2) is 43.8 Å². The lowest BCUT2D eigenvalue weighted by Crippen LogP contribution is -2.50. The van der Waals surface area contributed by atoms with E-state index in [4.69, 9.17) is 5.73 Å². The van der Waals surface area contributed by atoms with E-state index in [0.717, 1.165) is 19.3 Å². The van der Waals surface area contributed by atoms with Crippen molar-refractivity contribution in [1.29, 1.82) is 0 Å². The number of fused-ring (bicyclic) bond motifs is 4. The minimum absolute atomic E-state index is 0.0115. The number of imidazole rings is 1. The Bertz CT molecular complexity index is 1870. The highest BCUT2D eigenvalue weighted by molar-refractivity contribution is 5.98. The summed E-state index contributed by atoms with van der Waals surface area (Å²) in [7, 11) is 0. The van der Waals surface area contributed by atoms with Crippen LogP contribution in [0.2, 0.25) is 0 Å². The predicted molar refractivity (Wildman–Crippen MR) is 156 cm³/mol. The number of carboxylic acids is 1. The van der Waals surface area contributed by atoms with Crippen molar-refractivity contribution in [3.8, 4) is 0 Å². The number of carbonyl (C=O) groups is 3. The Balaban J connectivity index is 1.11. The molecular weight excluding hydrogens is 573 g/mol. The largest absolute Gasteiger partial charge is 0.481 e.